The predicted molar refractivity (Wildman–Crippen MR) is 103 cm³/mol. The lowest BCUT2D eigenvalue weighted by Gasteiger charge is -2.09. The summed E-state index contributed by atoms with van der Waals surface area (Å²) in [6.07, 6.45) is 3.50. The van der Waals surface area contributed by atoms with Gasteiger partial charge in [0, 0.05) is 0 Å². The summed E-state index contributed by atoms with van der Waals surface area (Å²) in [7, 11) is 3.10. The van der Waals surface area contributed by atoms with Crippen LogP contribution in [-0.2, 0) is 0 Å². The van der Waals surface area contributed by atoms with Crippen LogP contribution in [-0.4, -0.2) is 30.1 Å². The first-order chi connectivity index (χ1) is 12.1. The van der Waals surface area contributed by atoms with Crippen LogP contribution < -0.4 is 9.47 Å². The molecular weight excluding hydrogens is 358 g/mol. The molecule has 0 unspecified atom stereocenters. The summed E-state index contributed by atoms with van der Waals surface area (Å²) in [6, 6.07) is 13.5. The van der Waals surface area contributed by atoms with E-state index in [4.69, 9.17) is 33.3 Å². The van der Waals surface area contributed by atoms with Crippen LogP contribution in [0.4, 0.5) is 0 Å². The van der Waals surface area contributed by atoms with Crippen molar-refractivity contribution in [2.45, 2.75) is 0 Å². The van der Waals surface area contributed by atoms with E-state index in [2.05, 4.69) is 10.1 Å². The lowest BCUT2D eigenvalue weighted by atomic mass is 10.2. The van der Waals surface area contributed by atoms with Crippen LogP contribution in [0, 0.1) is 4.77 Å². The highest BCUT2D eigenvalue weighted by molar-refractivity contribution is 7.71. The Morgan fingerprint density at radius 2 is 1.92 bits per heavy atom. The van der Waals surface area contributed by atoms with E-state index in [1.165, 1.54) is 0 Å². The molecule has 25 heavy (non-hydrogen) atoms. The van der Waals surface area contributed by atoms with Gasteiger partial charge in [0.05, 0.1) is 37.3 Å². The molecule has 1 heterocycles. The fourth-order valence-corrected chi connectivity index (χ4v) is 2.88. The molecular formula is C18H16ClN3O2S. The van der Waals surface area contributed by atoms with E-state index in [1.54, 1.807) is 37.2 Å². The van der Waals surface area contributed by atoms with Gasteiger partial charge in [0.2, 0.25) is 0 Å². The predicted octanol–water partition coefficient (Wildman–Crippen LogP) is 4.77. The summed E-state index contributed by atoms with van der Waals surface area (Å²) in [4.78, 5) is 3.14. The van der Waals surface area contributed by atoms with Crippen LogP contribution >= 0.6 is 23.8 Å². The number of aromatic amines is 1. The molecule has 1 aromatic heterocycles. The molecule has 3 aromatic rings. The van der Waals surface area contributed by atoms with E-state index >= 15 is 0 Å². The molecule has 3 rings (SSSR count). The Bertz CT molecular complexity index is 964. The molecule has 5 nitrogen and oxygen atoms in total. The average Bonchev–Trinajstić information content (AvgIpc) is 3.01. The molecule has 128 valence electrons. The Morgan fingerprint density at radius 1 is 1.16 bits per heavy atom. The zero-order valence-electron chi connectivity index (χ0n) is 13.7. The van der Waals surface area contributed by atoms with Crippen molar-refractivity contribution in [3.8, 4) is 22.8 Å². The second-order valence-electron chi connectivity index (χ2n) is 5.17. The van der Waals surface area contributed by atoms with Crippen LogP contribution in [0.15, 0.2) is 53.8 Å². The van der Waals surface area contributed by atoms with Crippen molar-refractivity contribution in [2.75, 3.05) is 14.2 Å². The van der Waals surface area contributed by atoms with E-state index in [9.17, 15) is 0 Å². The molecule has 0 amide bonds. The number of H-pyrrole nitrogens is 1. The Kier molecular flexibility index (Phi) is 5.21. The zero-order valence-corrected chi connectivity index (χ0v) is 15.3. The maximum atomic E-state index is 6.21. The number of ether oxygens (including phenoxy) is 2. The summed E-state index contributed by atoms with van der Waals surface area (Å²) in [6.45, 7) is 0. The number of nitrogens with zero attached hydrogens (tertiary/aromatic N) is 2. The Labute approximate surface area is 155 Å². The Balaban J connectivity index is 1.92. The van der Waals surface area contributed by atoms with Gasteiger partial charge in [-0.25, -0.2) is 4.68 Å². The van der Waals surface area contributed by atoms with Gasteiger partial charge in [-0.05, 0) is 35.5 Å². The van der Waals surface area contributed by atoms with Crippen molar-refractivity contribution in [3.63, 3.8) is 0 Å². The van der Waals surface area contributed by atoms with Gasteiger partial charge in [0.15, 0.2) is 16.3 Å². The van der Waals surface area contributed by atoms with E-state index < -0.39 is 0 Å². The smallest absolute Gasteiger partial charge is 0.198 e. The maximum Gasteiger partial charge on any atom is 0.198 e. The minimum atomic E-state index is 0.450. The summed E-state index contributed by atoms with van der Waals surface area (Å²) in [5, 5.41) is 4.85. The van der Waals surface area contributed by atoms with E-state index in [1.807, 2.05) is 36.5 Å². The lowest BCUT2D eigenvalue weighted by molar-refractivity contribution is 0.355. The number of aromatic nitrogens is 2. The number of halogens is 1. The monoisotopic (exact) mass is 373 g/mol. The van der Waals surface area contributed by atoms with Crippen LogP contribution in [0.1, 0.15) is 5.56 Å². The number of benzene rings is 2. The third-order valence-corrected chi connectivity index (χ3v) is 4.14. The van der Waals surface area contributed by atoms with Crippen molar-refractivity contribution in [2.24, 2.45) is 5.10 Å². The lowest BCUT2D eigenvalue weighted by Crippen LogP contribution is -1.95. The van der Waals surface area contributed by atoms with Crippen LogP contribution in [0.3, 0.4) is 0 Å². The summed E-state index contributed by atoms with van der Waals surface area (Å²) < 4.78 is 12.6. The zero-order chi connectivity index (χ0) is 17.8. The van der Waals surface area contributed by atoms with Gasteiger partial charge in [-0.2, -0.15) is 5.10 Å². The summed E-state index contributed by atoms with van der Waals surface area (Å²) in [5.74, 6) is 1.03. The number of rotatable bonds is 5. The third-order valence-electron chi connectivity index (χ3n) is 3.57. The quantitative estimate of drug-likeness (QED) is 0.518. The normalized spacial score (nSPS) is 11.0. The van der Waals surface area contributed by atoms with Crippen molar-refractivity contribution in [3.05, 3.63) is 64.0 Å². The largest absolute Gasteiger partial charge is 0.493 e. The van der Waals surface area contributed by atoms with Gasteiger partial charge in [-0.15, -0.1) is 0 Å². The second-order valence-corrected chi connectivity index (χ2v) is 5.96. The molecule has 0 aliphatic heterocycles. The van der Waals surface area contributed by atoms with Crippen LogP contribution in [0.5, 0.6) is 11.5 Å². The van der Waals surface area contributed by atoms with Gasteiger partial charge < -0.3 is 14.5 Å². The molecule has 0 aliphatic carbocycles. The highest BCUT2D eigenvalue weighted by atomic mass is 35.5. The molecule has 0 bridgehead atoms. The number of hydrogen-bond donors (Lipinski definition) is 1. The maximum absolute atomic E-state index is 6.21. The van der Waals surface area contributed by atoms with Crippen molar-refractivity contribution in [1.82, 2.24) is 9.66 Å². The first-order valence-corrected chi connectivity index (χ1v) is 8.24. The standard InChI is InChI=1S/C18H16ClN3O2S/c1-23-16-9-12(8-14(19)17(16)24-2)10-20-22-11-15(21-18(22)25)13-6-4-3-5-7-13/h3-11H,1-2H3,(H,21,25)/b20-10+. The van der Waals surface area contributed by atoms with Gasteiger partial charge in [-0.1, -0.05) is 41.9 Å². The highest BCUT2D eigenvalue weighted by Crippen LogP contribution is 2.35. The summed E-state index contributed by atoms with van der Waals surface area (Å²) >= 11 is 11.5. The molecule has 0 saturated carbocycles. The first-order valence-electron chi connectivity index (χ1n) is 7.45. The van der Waals surface area contributed by atoms with E-state index in [-0.39, 0.29) is 0 Å². The number of hydrogen-bond acceptors (Lipinski definition) is 4. The second kappa shape index (κ2) is 7.55. The molecule has 0 radical (unpaired) electrons. The average molecular weight is 374 g/mol. The fraction of sp³-hybridized carbons (Fsp3) is 0.111. The van der Waals surface area contributed by atoms with Gasteiger partial charge in [0.1, 0.15) is 0 Å². The van der Waals surface area contributed by atoms with E-state index in [0.29, 0.717) is 21.3 Å². The molecule has 7 heteroatoms. The number of imidazole rings is 1. The van der Waals surface area contributed by atoms with Crippen LogP contribution in [0.2, 0.25) is 5.02 Å². The topological polar surface area (TPSA) is 51.5 Å². The van der Waals surface area contributed by atoms with Gasteiger partial charge in [0.25, 0.3) is 0 Å². The van der Waals surface area contributed by atoms with Crippen molar-refractivity contribution < 1.29 is 9.47 Å². The number of nitrogens with one attached hydrogen (secondary N) is 1. The first kappa shape index (κ1) is 17.3. The van der Waals surface area contributed by atoms with Gasteiger partial charge in [-0.3, -0.25) is 0 Å². The highest BCUT2D eigenvalue weighted by Gasteiger charge is 2.10. The number of methoxy groups -OCH3 is 2. The summed E-state index contributed by atoms with van der Waals surface area (Å²) in [5.41, 5.74) is 2.71. The minimum absolute atomic E-state index is 0.450. The Morgan fingerprint density at radius 3 is 2.60 bits per heavy atom. The third kappa shape index (κ3) is 3.75. The fourth-order valence-electron chi connectivity index (χ4n) is 2.38. The van der Waals surface area contributed by atoms with Crippen LogP contribution in [0.25, 0.3) is 11.3 Å². The molecule has 1 N–H and O–H groups in total. The van der Waals surface area contributed by atoms with Crippen molar-refractivity contribution in [1.29, 1.82) is 0 Å². The van der Waals surface area contributed by atoms with Gasteiger partial charge >= 0.3 is 0 Å². The molecule has 0 saturated heterocycles. The Hall–Kier alpha value is -2.57. The SMILES string of the molecule is COc1cc(/C=N/n2cc(-c3ccccc3)[nH]c2=S)cc(Cl)c1OC. The molecule has 2 aromatic carbocycles. The molecule has 0 aliphatic rings. The van der Waals surface area contributed by atoms with E-state index in [0.717, 1.165) is 16.8 Å². The molecule has 0 spiro atoms. The molecule has 0 fully saturated rings. The van der Waals surface area contributed by atoms with Crippen molar-refractivity contribution >= 4 is 30.0 Å². The minimum Gasteiger partial charge on any atom is -0.493 e. The molecule has 0 atom stereocenters.